The molecule has 0 fully saturated rings. The minimum atomic E-state index is -0.879. The molecule has 1 aliphatic heterocycles. The summed E-state index contributed by atoms with van der Waals surface area (Å²) in [5, 5.41) is 5.66. The van der Waals surface area contributed by atoms with Gasteiger partial charge in [0.05, 0.1) is 24.0 Å². The van der Waals surface area contributed by atoms with Crippen molar-refractivity contribution in [3.63, 3.8) is 0 Å². The Hall–Kier alpha value is -3.58. The molecule has 162 valence electrons. The highest BCUT2D eigenvalue weighted by Crippen LogP contribution is 2.44. The van der Waals surface area contributed by atoms with E-state index in [9.17, 15) is 9.59 Å². The second-order valence-corrected chi connectivity index (χ2v) is 8.57. The summed E-state index contributed by atoms with van der Waals surface area (Å²) in [6, 6.07) is 18.5. The molecule has 0 saturated heterocycles. The van der Waals surface area contributed by atoms with E-state index < -0.39 is 17.6 Å². The molecule has 2 atom stereocenters. The predicted octanol–water partition coefficient (Wildman–Crippen LogP) is 4.11. The number of benzene rings is 2. The standard InChI is InChI=1S/C25H21NO5S/c1-29-16-10-8-15(9-11-16)20-21-22(18-6-2-3-7-19(18)30-25(21)28)31-23(20)24(27)26-13-12-17-5-4-14-32-17/h2-11,14,20,23H,12-13H2,1H3,(H,26,27)/t20-,23+/m0/s1. The van der Waals surface area contributed by atoms with Crippen LogP contribution in [0, 0.1) is 0 Å². The lowest BCUT2D eigenvalue weighted by Gasteiger charge is -2.19. The van der Waals surface area contributed by atoms with Gasteiger partial charge in [-0.05, 0) is 47.7 Å². The lowest BCUT2D eigenvalue weighted by Crippen LogP contribution is -2.41. The van der Waals surface area contributed by atoms with E-state index in [1.54, 1.807) is 30.6 Å². The molecule has 4 aromatic rings. The normalized spacial score (nSPS) is 17.0. The number of thiophene rings is 1. The zero-order valence-corrected chi connectivity index (χ0v) is 18.2. The maximum atomic E-state index is 13.2. The SMILES string of the molecule is COc1ccc([C@H]2c3c(c4ccccc4oc3=O)O[C@H]2C(=O)NCCc2cccs2)cc1. The van der Waals surface area contributed by atoms with Gasteiger partial charge in [-0.3, -0.25) is 4.79 Å². The van der Waals surface area contributed by atoms with Crippen molar-refractivity contribution < 1.29 is 18.7 Å². The molecular formula is C25H21NO5S. The van der Waals surface area contributed by atoms with Gasteiger partial charge < -0.3 is 19.2 Å². The first kappa shape index (κ1) is 20.3. The summed E-state index contributed by atoms with van der Waals surface area (Å²) in [6.07, 6.45) is -0.142. The van der Waals surface area contributed by atoms with Crippen LogP contribution in [0.3, 0.4) is 0 Å². The molecule has 1 amide bonds. The summed E-state index contributed by atoms with van der Waals surface area (Å²) in [7, 11) is 1.59. The number of hydrogen-bond donors (Lipinski definition) is 1. The number of methoxy groups -OCH3 is 1. The summed E-state index contributed by atoms with van der Waals surface area (Å²) >= 11 is 1.65. The van der Waals surface area contributed by atoms with Crippen LogP contribution >= 0.6 is 11.3 Å². The molecule has 7 heteroatoms. The second-order valence-electron chi connectivity index (χ2n) is 7.54. The Kier molecular flexibility index (Phi) is 5.41. The molecule has 0 aliphatic carbocycles. The molecule has 2 aromatic carbocycles. The first-order valence-electron chi connectivity index (χ1n) is 10.3. The molecule has 2 aromatic heterocycles. The molecule has 0 spiro atoms. The van der Waals surface area contributed by atoms with Gasteiger partial charge in [-0.2, -0.15) is 0 Å². The van der Waals surface area contributed by atoms with E-state index >= 15 is 0 Å². The van der Waals surface area contributed by atoms with Gasteiger partial charge in [-0.1, -0.05) is 30.3 Å². The Labute approximate surface area is 188 Å². The van der Waals surface area contributed by atoms with Crippen LogP contribution in [-0.4, -0.2) is 25.7 Å². The van der Waals surface area contributed by atoms with E-state index in [2.05, 4.69) is 5.32 Å². The molecule has 0 saturated carbocycles. The summed E-state index contributed by atoms with van der Waals surface area (Å²) in [6.45, 7) is 0.486. The molecule has 1 aliphatic rings. The number of ether oxygens (including phenoxy) is 2. The highest BCUT2D eigenvalue weighted by molar-refractivity contribution is 7.09. The van der Waals surface area contributed by atoms with Crippen LogP contribution in [-0.2, 0) is 11.2 Å². The summed E-state index contributed by atoms with van der Waals surface area (Å²) < 4.78 is 17.0. The largest absolute Gasteiger partial charge is 0.497 e. The van der Waals surface area contributed by atoms with Crippen molar-refractivity contribution in [1.29, 1.82) is 0 Å². The lowest BCUT2D eigenvalue weighted by atomic mass is 9.88. The number of amides is 1. The average Bonchev–Trinajstić information content (AvgIpc) is 3.48. The van der Waals surface area contributed by atoms with Gasteiger partial charge in [-0.25, -0.2) is 4.79 Å². The summed E-state index contributed by atoms with van der Waals surface area (Å²) in [5.41, 5.74) is 1.09. The zero-order chi connectivity index (χ0) is 22.1. The monoisotopic (exact) mass is 447 g/mol. The average molecular weight is 448 g/mol. The molecule has 0 bridgehead atoms. The number of hydrogen-bond acceptors (Lipinski definition) is 6. The number of rotatable bonds is 6. The van der Waals surface area contributed by atoms with Crippen molar-refractivity contribution in [3.05, 3.63) is 92.5 Å². The summed E-state index contributed by atoms with van der Waals surface area (Å²) in [4.78, 5) is 27.4. The van der Waals surface area contributed by atoms with Gasteiger partial charge in [-0.15, -0.1) is 11.3 Å². The van der Waals surface area contributed by atoms with E-state index in [1.807, 2.05) is 53.9 Å². The highest BCUT2D eigenvalue weighted by Gasteiger charge is 2.44. The van der Waals surface area contributed by atoms with E-state index in [4.69, 9.17) is 13.9 Å². The minimum absolute atomic E-state index is 0.262. The maximum absolute atomic E-state index is 13.2. The van der Waals surface area contributed by atoms with Gasteiger partial charge in [0, 0.05) is 11.4 Å². The Morgan fingerprint density at radius 1 is 1.09 bits per heavy atom. The molecule has 0 radical (unpaired) electrons. The number of nitrogens with one attached hydrogen (secondary N) is 1. The Morgan fingerprint density at radius 3 is 2.66 bits per heavy atom. The van der Waals surface area contributed by atoms with Gasteiger partial charge in [0.15, 0.2) is 6.10 Å². The van der Waals surface area contributed by atoms with Gasteiger partial charge in [0.25, 0.3) is 5.91 Å². The van der Waals surface area contributed by atoms with Crippen molar-refractivity contribution in [1.82, 2.24) is 5.32 Å². The third-order valence-electron chi connectivity index (χ3n) is 5.64. The lowest BCUT2D eigenvalue weighted by molar-refractivity contribution is -0.127. The van der Waals surface area contributed by atoms with Crippen molar-refractivity contribution in [3.8, 4) is 11.5 Å². The quantitative estimate of drug-likeness (QED) is 0.450. The van der Waals surface area contributed by atoms with Crippen LogP contribution in [0.1, 0.15) is 21.9 Å². The minimum Gasteiger partial charge on any atom is -0.497 e. The number of carbonyl (C=O) groups is 1. The van der Waals surface area contributed by atoms with Crippen molar-refractivity contribution in [2.45, 2.75) is 18.4 Å². The smallest absolute Gasteiger partial charge is 0.344 e. The number of carbonyl (C=O) groups excluding carboxylic acids is 1. The van der Waals surface area contributed by atoms with Crippen molar-refractivity contribution in [2.75, 3.05) is 13.7 Å². The topological polar surface area (TPSA) is 77.8 Å². The third kappa shape index (κ3) is 3.65. The zero-order valence-electron chi connectivity index (χ0n) is 17.4. The first-order chi connectivity index (χ1) is 15.7. The molecule has 0 unspecified atom stereocenters. The highest BCUT2D eigenvalue weighted by atomic mass is 32.1. The van der Waals surface area contributed by atoms with Gasteiger partial charge >= 0.3 is 5.63 Å². The van der Waals surface area contributed by atoms with Crippen LogP contribution in [0.4, 0.5) is 0 Å². The predicted molar refractivity (Wildman–Crippen MR) is 123 cm³/mol. The molecule has 3 heterocycles. The third-order valence-corrected chi connectivity index (χ3v) is 6.58. The van der Waals surface area contributed by atoms with Crippen LogP contribution in [0.15, 0.2) is 75.3 Å². The second kappa shape index (κ2) is 8.51. The Balaban J connectivity index is 1.52. The maximum Gasteiger partial charge on any atom is 0.344 e. The first-order valence-corrected chi connectivity index (χ1v) is 11.2. The molecular weight excluding hydrogens is 426 g/mol. The van der Waals surface area contributed by atoms with E-state index in [1.165, 1.54) is 4.88 Å². The molecule has 5 rings (SSSR count). The van der Waals surface area contributed by atoms with Gasteiger partial charge in [0.1, 0.15) is 17.1 Å². The fourth-order valence-electron chi connectivity index (χ4n) is 4.10. The fourth-order valence-corrected chi connectivity index (χ4v) is 4.81. The molecule has 32 heavy (non-hydrogen) atoms. The van der Waals surface area contributed by atoms with E-state index in [0.717, 1.165) is 12.0 Å². The number of para-hydroxylation sites is 1. The van der Waals surface area contributed by atoms with Crippen LogP contribution in [0.25, 0.3) is 11.0 Å². The van der Waals surface area contributed by atoms with Crippen LogP contribution in [0.2, 0.25) is 0 Å². The molecule has 6 nitrogen and oxygen atoms in total. The van der Waals surface area contributed by atoms with Crippen LogP contribution < -0.4 is 20.4 Å². The van der Waals surface area contributed by atoms with Crippen LogP contribution in [0.5, 0.6) is 11.5 Å². The fraction of sp³-hybridized carbons (Fsp3) is 0.200. The van der Waals surface area contributed by atoms with E-state index in [0.29, 0.717) is 34.6 Å². The van der Waals surface area contributed by atoms with Crippen molar-refractivity contribution >= 4 is 28.2 Å². The number of fused-ring (bicyclic) bond motifs is 3. The van der Waals surface area contributed by atoms with Gasteiger partial charge in [0.2, 0.25) is 0 Å². The molecule has 1 N–H and O–H groups in total. The Morgan fingerprint density at radius 2 is 1.91 bits per heavy atom. The summed E-state index contributed by atoms with van der Waals surface area (Å²) in [5.74, 6) is 0.256. The van der Waals surface area contributed by atoms with E-state index in [-0.39, 0.29) is 5.91 Å². The Bertz CT molecular complexity index is 1310. The van der Waals surface area contributed by atoms with Crippen molar-refractivity contribution in [2.24, 2.45) is 0 Å².